The maximum Gasteiger partial charge on any atom is 0.193 e. The number of ether oxygens (including phenoxy) is 1. The molecule has 0 bridgehead atoms. The van der Waals surface area contributed by atoms with E-state index in [1.165, 1.54) is 17.0 Å². The number of halogens is 1. The van der Waals surface area contributed by atoms with Gasteiger partial charge >= 0.3 is 0 Å². The van der Waals surface area contributed by atoms with Gasteiger partial charge in [0.2, 0.25) is 0 Å². The number of guanidine groups is 1. The molecule has 162 valence electrons. The van der Waals surface area contributed by atoms with E-state index in [0.717, 1.165) is 37.0 Å². The number of hydrogen-bond acceptors (Lipinski definition) is 3. The van der Waals surface area contributed by atoms with Crippen molar-refractivity contribution in [3.63, 3.8) is 0 Å². The monoisotopic (exact) mass is 522 g/mol. The summed E-state index contributed by atoms with van der Waals surface area (Å²) in [6.07, 6.45) is 5.57. The molecule has 1 aromatic carbocycles. The summed E-state index contributed by atoms with van der Waals surface area (Å²) in [5.74, 6) is 1.74. The molecule has 0 amide bonds. The highest BCUT2D eigenvalue weighted by Gasteiger charge is 2.14. The van der Waals surface area contributed by atoms with E-state index in [4.69, 9.17) is 4.74 Å². The van der Waals surface area contributed by atoms with Crippen LogP contribution in [0.4, 0.5) is 0 Å². The normalized spacial score (nSPS) is 11.2. The number of benzene rings is 1. The van der Waals surface area contributed by atoms with Crippen molar-refractivity contribution in [1.29, 1.82) is 0 Å². The average Bonchev–Trinajstić information content (AvgIpc) is 3.33. The number of rotatable bonds is 7. The van der Waals surface area contributed by atoms with Crippen LogP contribution in [-0.2, 0) is 13.1 Å². The van der Waals surface area contributed by atoms with Gasteiger partial charge in [-0.25, -0.2) is 4.98 Å². The lowest BCUT2D eigenvalue weighted by molar-refractivity contribution is 0.414. The molecule has 3 aromatic rings. The number of methoxy groups -OCH3 is 1. The van der Waals surface area contributed by atoms with Crippen LogP contribution < -0.4 is 10.1 Å². The van der Waals surface area contributed by atoms with Crippen molar-refractivity contribution < 1.29 is 4.74 Å². The zero-order valence-corrected chi connectivity index (χ0v) is 20.6. The molecule has 0 aliphatic heterocycles. The Hall–Kier alpha value is -2.49. The van der Waals surface area contributed by atoms with Crippen molar-refractivity contribution in [1.82, 2.24) is 24.3 Å². The standard InChI is InChI=1S/C22H30N6O.HI/c1-17-14-19(18(2)28(17)20-6-8-21(29-5)9-7-20)15-26(4)22(23-3)25-11-13-27-12-10-24-16-27;/h6-10,12,14,16H,11,13,15H2,1-5H3,(H,23,25);1H. The first kappa shape index (κ1) is 23.8. The van der Waals surface area contributed by atoms with E-state index in [2.05, 4.69) is 63.9 Å². The van der Waals surface area contributed by atoms with Crippen molar-refractivity contribution >= 4 is 29.9 Å². The first-order valence-electron chi connectivity index (χ1n) is 9.73. The molecular weight excluding hydrogens is 491 g/mol. The molecule has 0 fully saturated rings. The number of aryl methyl sites for hydroxylation is 1. The van der Waals surface area contributed by atoms with Crippen LogP contribution in [0.2, 0.25) is 0 Å². The van der Waals surface area contributed by atoms with E-state index in [0.29, 0.717) is 0 Å². The summed E-state index contributed by atoms with van der Waals surface area (Å²) in [4.78, 5) is 10.6. The minimum Gasteiger partial charge on any atom is -0.497 e. The van der Waals surface area contributed by atoms with Crippen LogP contribution in [0.3, 0.4) is 0 Å². The third-order valence-corrected chi connectivity index (χ3v) is 5.06. The SMILES string of the molecule is CN=C(NCCn1ccnc1)N(C)Cc1cc(C)n(-c2ccc(OC)cc2)c1C.I. The third kappa shape index (κ3) is 5.56. The predicted octanol–water partition coefficient (Wildman–Crippen LogP) is 3.62. The van der Waals surface area contributed by atoms with Crippen LogP contribution in [0.1, 0.15) is 17.0 Å². The highest BCUT2D eigenvalue weighted by Crippen LogP contribution is 2.23. The quantitative estimate of drug-likeness (QED) is 0.293. The fraction of sp³-hybridized carbons (Fsp3) is 0.364. The summed E-state index contributed by atoms with van der Waals surface area (Å²) in [7, 11) is 5.56. The zero-order valence-electron chi connectivity index (χ0n) is 18.3. The fourth-order valence-corrected chi connectivity index (χ4v) is 3.55. The molecule has 2 heterocycles. The highest BCUT2D eigenvalue weighted by atomic mass is 127. The Kier molecular flexibility index (Phi) is 8.76. The third-order valence-electron chi connectivity index (χ3n) is 5.06. The van der Waals surface area contributed by atoms with Crippen molar-refractivity contribution in [2.45, 2.75) is 26.9 Å². The minimum absolute atomic E-state index is 0. The molecule has 0 aliphatic rings. The number of aromatic nitrogens is 3. The van der Waals surface area contributed by atoms with Gasteiger partial charge in [-0.2, -0.15) is 0 Å². The molecule has 0 aliphatic carbocycles. The molecule has 3 rings (SSSR count). The molecule has 7 nitrogen and oxygen atoms in total. The van der Waals surface area contributed by atoms with E-state index >= 15 is 0 Å². The second-order valence-corrected chi connectivity index (χ2v) is 7.06. The van der Waals surface area contributed by atoms with E-state index in [1.54, 1.807) is 13.3 Å². The largest absolute Gasteiger partial charge is 0.497 e. The molecule has 0 unspecified atom stereocenters. The highest BCUT2D eigenvalue weighted by molar-refractivity contribution is 14.0. The molecule has 0 saturated carbocycles. The van der Waals surface area contributed by atoms with Crippen LogP contribution in [0.25, 0.3) is 5.69 Å². The van der Waals surface area contributed by atoms with Crippen molar-refractivity contribution in [3.8, 4) is 11.4 Å². The summed E-state index contributed by atoms with van der Waals surface area (Å²) < 4.78 is 9.60. The van der Waals surface area contributed by atoms with Gasteiger partial charge in [0.05, 0.1) is 13.4 Å². The Balaban J connectivity index is 0.00000320. The Morgan fingerprint density at radius 1 is 1.23 bits per heavy atom. The molecule has 0 atom stereocenters. The summed E-state index contributed by atoms with van der Waals surface area (Å²) in [6, 6.07) is 10.4. The second kappa shape index (κ2) is 11.1. The number of nitrogens with one attached hydrogen (secondary N) is 1. The van der Waals surface area contributed by atoms with Gasteiger partial charge in [-0.3, -0.25) is 4.99 Å². The van der Waals surface area contributed by atoms with Crippen LogP contribution in [-0.4, -0.2) is 52.7 Å². The van der Waals surface area contributed by atoms with Crippen LogP contribution in [0.5, 0.6) is 5.75 Å². The van der Waals surface area contributed by atoms with Crippen LogP contribution in [0, 0.1) is 13.8 Å². The van der Waals surface area contributed by atoms with Gasteiger partial charge in [0.1, 0.15) is 5.75 Å². The molecule has 8 heteroatoms. The lowest BCUT2D eigenvalue weighted by Crippen LogP contribution is -2.39. The van der Waals surface area contributed by atoms with Gasteiger partial charge < -0.3 is 24.1 Å². The number of nitrogens with zero attached hydrogens (tertiary/aromatic N) is 5. The number of imidazole rings is 1. The predicted molar refractivity (Wildman–Crippen MR) is 132 cm³/mol. The lowest BCUT2D eigenvalue weighted by atomic mass is 10.2. The van der Waals surface area contributed by atoms with Crippen LogP contribution >= 0.6 is 24.0 Å². The zero-order chi connectivity index (χ0) is 20.8. The number of hydrogen-bond donors (Lipinski definition) is 1. The summed E-state index contributed by atoms with van der Waals surface area (Å²) in [5.41, 5.74) is 4.85. The maximum absolute atomic E-state index is 5.28. The molecule has 2 aromatic heterocycles. The Morgan fingerprint density at radius 3 is 2.57 bits per heavy atom. The van der Waals surface area contributed by atoms with Crippen molar-refractivity contribution in [2.24, 2.45) is 4.99 Å². The topological polar surface area (TPSA) is 59.6 Å². The van der Waals surface area contributed by atoms with Gasteiger partial charge in [0.15, 0.2) is 5.96 Å². The van der Waals surface area contributed by atoms with E-state index in [9.17, 15) is 0 Å². The Labute approximate surface area is 195 Å². The smallest absolute Gasteiger partial charge is 0.193 e. The molecule has 0 radical (unpaired) electrons. The number of aliphatic imine (C=N–C) groups is 1. The first-order chi connectivity index (χ1) is 14.0. The summed E-state index contributed by atoms with van der Waals surface area (Å²) in [5, 5.41) is 3.42. The van der Waals surface area contributed by atoms with Crippen molar-refractivity contribution in [3.05, 3.63) is 66.0 Å². The van der Waals surface area contributed by atoms with Crippen LogP contribution in [0.15, 0.2) is 54.0 Å². The summed E-state index contributed by atoms with van der Waals surface area (Å²) in [6.45, 7) is 6.71. The van der Waals surface area contributed by atoms with Gasteiger partial charge in [0.25, 0.3) is 0 Å². The second-order valence-electron chi connectivity index (χ2n) is 7.06. The lowest BCUT2D eigenvalue weighted by Gasteiger charge is -2.22. The van der Waals surface area contributed by atoms with E-state index in [1.807, 2.05) is 36.3 Å². The maximum atomic E-state index is 5.28. The molecular formula is C22H31IN6O. The molecule has 1 N–H and O–H groups in total. The average molecular weight is 522 g/mol. The van der Waals surface area contributed by atoms with Gasteiger partial charge in [0, 0.05) is 63.2 Å². The summed E-state index contributed by atoms with van der Waals surface area (Å²) >= 11 is 0. The van der Waals surface area contributed by atoms with Gasteiger partial charge in [-0.05, 0) is 49.7 Å². The van der Waals surface area contributed by atoms with Crippen molar-refractivity contribution in [2.75, 3.05) is 27.7 Å². The van der Waals surface area contributed by atoms with E-state index < -0.39 is 0 Å². The molecule has 0 spiro atoms. The Morgan fingerprint density at radius 2 is 1.97 bits per heavy atom. The molecule has 30 heavy (non-hydrogen) atoms. The minimum atomic E-state index is 0. The molecule has 0 saturated heterocycles. The van der Waals surface area contributed by atoms with Gasteiger partial charge in [-0.15, -0.1) is 24.0 Å². The fourth-order valence-electron chi connectivity index (χ4n) is 3.55. The first-order valence-corrected chi connectivity index (χ1v) is 9.73. The Bertz CT molecular complexity index is 947. The van der Waals surface area contributed by atoms with E-state index in [-0.39, 0.29) is 24.0 Å². The van der Waals surface area contributed by atoms with Gasteiger partial charge in [-0.1, -0.05) is 0 Å².